The molecule has 0 fully saturated rings. The number of para-hydroxylation sites is 2. The molecule has 0 radical (unpaired) electrons. The van der Waals surface area contributed by atoms with Gasteiger partial charge in [-0.3, -0.25) is 9.10 Å². The largest absolute Gasteiger partial charge is 0.476 e. The van der Waals surface area contributed by atoms with Crippen LogP contribution in [0.4, 0.5) is 5.69 Å². The maximum atomic E-state index is 13.4. The van der Waals surface area contributed by atoms with Gasteiger partial charge in [0.15, 0.2) is 6.10 Å². The molecule has 2 atom stereocenters. The average molecular weight is 465 g/mol. The summed E-state index contributed by atoms with van der Waals surface area (Å²) < 4.78 is 34.1. The molecule has 3 aromatic rings. The van der Waals surface area contributed by atoms with Crippen LogP contribution in [0.15, 0.2) is 89.8 Å². The summed E-state index contributed by atoms with van der Waals surface area (Å²) in [5.74, 6) is 0.384. The molecule has 0 spiro atoms. The van der Waals surface area contributed by atoms with Gasteiger partial charge in [0.05, 0.1) is 23.2 Å². The molecule has 172 valence electrons. The van der Waals surface area contributed by atoms with E-state index in [1.54, 1.807) is 54.6 Å². The molecule has 1 amide bonds. The normalized spacial score (nSPS) is 16.6. The fourth-order valence-electron chi connectivity index (χ4n) is 3.99. The zero-order valence-electron chi connectivity index (χ0n) is 18.7. The number of amides is 1. The number of nitrogens with one attached hydrogen (secondary N) is 1. The van der Waals surface area contributed by atoms with Crippen molar-refractivity contribution in [2.24, 2.45) is 5.92 Å². The summed E-state index contributed by atoms with van der Waals surface area (Å²) in [7, 11) is -3.87. The van der Waals surface area contributed by atoms with Crippen molar-refractivity contribution in [2.75, 3.05) is 10.8 Å². The van der Waals surface area contributed by atoms with Crippen LogP contribution in [-0.2, 0) is 14.8 Å². The van der Waals surface area contributed by atoms with Gasteiger partial charge in [-0.15, -0.1) is 0 Å². The summed E-state index contributed by atoms with van der Waals surface area (Å²) in [5, 5.41) is 3.09. The number of hydrogen-bond acceptors (Lipinski definition) is 4. The van der Waals surface area contributed by atoms with Crippen LogP contribution in [0.3, 0.4) is 0 Å². The minimum atomic E-state index is -3.87. The van der Waals surface area contributed by atoms with Gasteiger partial charge in [0, 0.05) is 0 Å². The second-order valence-electron chi connectivity index (χ2n) is 8.52. The first kappa shape index (κ1) is 22.9. The fraction of sp³-hybridized carbons (Fsp3) is 0.269. The van der Waals surface area contributed by atoms with Crippen molar-refractivity contribution < 1.29 is 17.9 Å². The second-order valence-corrected chi connectivity index (χ2v) is 10.4. The molecule has 2 unspecified atom stereocenters. The van der Waals surface area contributed by atoms with Gasteiger partial charge in [0.2, 0.25) is 0 Å². The molecular weight excluding hydrogens is 436 g/mol. The Labute approximate surface area is 195 Å². The molecule has 4 rings (SSSR count). The maximum absolute atomic E-state index is 13.4. The smallest absolute Gasteiger partial charge is 0.264 e. The lowest BCUT2D eigenvalue weighted by atomic mass is 9.96. The minimum absolute atomic E-state index is 0.108. The van der Waals surface area contributed by atoms with Gasteiger partial charge >= 0.3 is 0 Å². The Hall–Kier alpha value is -3.32. The number of fused-ring (bicyclic) bond motifs is 1. The summed E-state index contributed by atoms with van der Waals surface area (Å²) in [4.78, 5) is 13.5. The number of nitrogens with zero attached hydrogens (tertiary/aromatic N) is 1. The Bertz CT molecular complexity index is 1200. The Morgan fingerprint density at radius 2 is 1.58 bits per heavy atom. The van der Waals surface area contributed by atoms with Crippen LogP contribution in [-0.4, -0.2) is 27.0 Å². The van der Waals surface area contributed by atoms with Gasteiger partial charge in [-0.2, -0.15) is 0 Å². The first-order valence-electron chi connectivity index (χ1n) is 11.0. The van der Waals surface area contributed by atoms with E-state index >= 15 is 0 Å². The third kappa shape index (κ3) is 5.03. The highest BCUT2D eigenvalue weighted by Gasteiger charge is 2.38. The Kier molecular flexibility index (Phi) is 6.70. The quantitative estimate of drug-likeness (QED) is 0.557. The zero-order valence-corrected chi connectivity index (χ0v) is 19.5. The topological polar surface area (TPSA) is 75.7 Å². The number of hydrogen-bond donors (Lipinski definition) is 1. The van der Waals surface area contributed by atoms with Crippen molar-refractivity contribution in [1.82, 2.24) is 5.32 Å². The molecule has 33 heavy (non-hydrogen) atoms. The molecule has 0 bridgehead atoms. The van der Waals surface area contributed by atoms with E-state index in [0.717, 1.165) is 12.0 Å². The summed E-state index contributed by atoms with van der Waals surface area (Å²) in [6, 6.07) is 24.7. The predicted octanol–water partition coefficient (Wildman–Crippen LogP) is 4.55. The van der Waals surface area contributed by atoms with E-state index in [2.05, 4.69) is 19.2 Å². The fourth-order valence-corrected chi connectivity index (χ4v) is 5.48. The van der Waals surface area contributed by atoms with E-state index in [9.17, 15) is 13.2 Å². The number of benzene rings is 3. The lowest BCUT2D eigenvalue weighted by molar-refractivity contribution is -0.128. The van der Waals surface area contributed by atoms with Crippen molar-refractivity contribution in [3.63, 3.8) is 0 Å². The Morgan fingerprint density at radius 3 is 2.24 bits per heavy atom. The number of carbonyl (C=O) groups excluding carboxylic acids is 1. The minimum Gasteiger partial charge on any atom is -0.476 e. The van der Waals surface area contributed by atoms with Gasteiger partial charge in [-0.05, 0) is 42.2 Å². The molecule has 7 heteroatoms. The van der Waals surface area contributed by atoms with Gasteiger partial charge in [0.1, 0.15) is 5.75 Å². The van der Waals surface area contributed by atoms with E-state index < -0.39 is 16.1 Å². The number of ether oxygens (including phenoxy) is 1. The van der Waals surface area contributed by atoms with Crippen LogP contribution < -0.4 is 14.4 Å². The molecule has 3 aromatic carbocycles. The molecule has 0 saturated carbocycles. The van der Waals surface area contributed by atoms with Crippen LogP contribution in [0.1, 0.15) is 31.9 Å². The van der Waals surface area contributed by atoms with Crippen molar-refractivity contribution in [2.45, 2.75) is 37.3 Å². The highest BCUT2D eigenvalue weighted by Crippen LogP contribution is 2.37. The number of carbonyl (C=O) groups is 1. The first-order valence-corrected chi connectivity index (χ1v) is 12.5. The highest BCUT2D eigenvalue weighted by atomic mass is 32.2. The monoisotopic (exact) mass is 464 g/mol. The van der Waals surface area contributed by atoms with Crippen LogP contribution in [0.25, 0.3) is 0 Å². The Morgan fingerprint density at radius 1 is 0.970 bits per heavy atom. The predicted molar refractivity (Wildman–Crippen MR) is 129 cm³/mol. The van der Waals surface area contributed by atoms with Crippen molar-refractivity contribution in [1.29, 1.82) is 0 Å². The number of sulfonamides is 1. The summed E-state index contributed by atoms with van der Waals surface area (Å²) in [6.45, 7) is 4.09. The molecule has 1 heterocycles. The zero-order chi connectivity index (χ0) is 23.4. The lowest BCUT2D eigenvalue weighted by Crippen LogP contribution is -2.51. The van der Waals surface area contributed by atoms with Gasteiger partial charge in [0.25, 0.3) is 15.9 Å². The standard InChI is InChI=1S/C26H28N2O4S/c1-19(2)17-22(20-11-5-3-6-12-20)27-26(29)25-18-28(23-15-9-10-16-24(23)32-25)33(30,31)21-13-7-4-8-14-21/h3-16,19,22,25H,17-18H2,1-2H3,(H,27,29). The molecule has 1 aliphatic heterocycles. The van der Waals surface area contributed by atoms with Crippen LogP contribution in [0, 0.1) is 5.92 Å². The van der Waals surface area contributed by atoms with Crippen molar-refractivity contribution in [3.05, 3.63) is 90.5 Å². The molecule has 1 N–H and O–H groups in total. The summed E-state index contributed by atoms with van der Waals surface area (Å²) in [5.41, 5.74) is 1.43. The average Bonchev–Trinajstić information content (AvgIpc) is 2.83. The number of anilines is 1. The molecule has 0 aromatic heterocycles. The van der Waals surface area contributed by atoms with Crippen LogP contribution in [0.2, 0.25) is 0 Å². The van der Waals surface area contributed by atoms with E-state index in [-0.39, 0.29) is 23.4 Å². The van der Waals surface area contributed by atoms with Gasteiger partial charge in [-0.1, -0.05) is 74.5 Å². The number of rotatable bonds is 7. The van der Waals surface area contributed by atoms with E-state index in [1.165, 1.54) is 4.31 Å². The first-order chi connectivity index (χ1) is 15.9. The van der Waals surface area contributed by atoms with Crippen LogP contribution in [0.5, 0.6) is 5.75 Å². The van der Waals surface area contributed by atoms with Gasteiger partial charge in [-0.25, -0.2) is 8.42 Å². The lowest BCUT2D eigenvalue weighted by Gasteiger charge is -2.35. The third-order valence-corrected chi connectivity index (χ3v) is 7.38. The molecular formula is C26H28N2O4S. The van der Waals surface area contributed by atoms with E-state index in [0.29, 0.717) is 17.4 Å². The molecule has 6 nitrogen and oxygen atoms in total. The SMILES string of the molecule is CC(C)CC(NC(=O)C1CN(S(=O)(=O)c2ccccc2)c2ccccc2O1)c1ccccc1. The second kappa shape index (κ2) is 9.67. The van der Waals surface area contributed by atoms with E-state index in [1.807, 2.05) is 30.3 Å². The molecule has 0 saturated heterocycles. The third-order valence-electron chi connectivity index (χ3n) is 5.58. The summed E-state index contributed by atoms with van der Waals surface area (Å²) >= 11 is 0. The Balaban J connectivity index is 1.63. The van der Waals surface area contributed by atoms with Crippen molar-refractivity contribution in [3.8, 4) is 5.75 Å². The molecule has 0 aliphatic carbocycles. The maximum Gasteiger partial charge on any atom is 0.264 e. The van der Waals surface area contributed by atoms with Crippen molar-refractivity contribution >= 4 is 21.6 Å². The summed E-state index contributed by atoms with van der Waals surface area (Å²) in [6.07, 6.45) is -0.220. The molecule has 1 aliphatic rings. The van der Waals surface area contributed by atoms with E-state index in [4.69, 9.17) is 4.74 Å². The van der Waals surface area contributed by atoms with Gasteiger partial charge < -0.3 is 10.1 Å². The van der Waals surface area contributed by atoms with Crippen LogP contribution >= 0.6 is 0 Å². The highest BCUT2D eigenvalue weighted by molar-refractivity contribution is 7.92.